The van der Waals surface area contributed by atoms with Crippen molar-refractivity contribution in [3.8, 4) is 0 Å². The fourth-order valence-electron chi connectivity index (χ4n) is 3.41. The number of amides is 1. The number of anilines is 1. The predicted octanol–water partition coefficient (Wildman–Crippen LogP) is 3.51. The zero-order chi connectivity index (χ0) is 19.9. The fourth-order valence-corrected chi connectivity index (χ4v) is 3.56. The Morgan fingerprint density at radius 1 is 1.21 bits per heavy atom. The number of nitrogens with zero attached hydrogens (tertiary/aromatic N) is 3. The first-order valence-corrected chi connectivity index (χ1v) is 10.0. The average molecular weight is 405 g/mol. The van der Waals surface area contributed by atoms with E-state index in [1.165, 1.54) is 23.5 Å². The minimum Gasteiger partial charge on any atom is -0.369 e. The molecule has 0 spiro atoms. The van der Waals surface area contributed by atoms with E-state index in [1.807, 2.05) is 0 Å². The summed E-state index contributed by atoms with van der Waals surface area (Å²) in [6.45, 7) is 7.79. The highest BCUT2D eigenvalue weighted by Crippen LogP contribution is 2.18. The third-order valence-corrected chi connectivity index (χ3v) is 5.28. The van der Waals surface area contributed by atoms with Gasteiger partial charge in [0.2, 0.25) is 0 Å². The summed E-state index contributed by atoms with van der Waals surface area (Å²) in [5.74, 6) is -1.22. The summed E-state index contributed by atoms with van der Waals surface area (Å²) in [4.78, 5) is 20.5. The number of halogens is 2. The van der Waals surface area contributed by atoms with Gasteiger partial charge in [0.25, 0.3) is 5.91 Å². The third kappa shape index (κ3) is 5.42. The van der Waals surface area contributed by atoms with Gasteiger partial charge >= 0.3 is 0 Å². The van der Waals surface area contributed by atoms with Crippen molar-refractivity contribution in [2.45, 2.75) is 19.8 Å². The second-order valence-corrected chi connectivity index (χ2v) is 7.45. The number of aromatic nitrogens is 1. The van der Waals surface area contributed by atoms with Gasteiger partial charge in [0, 0.05) is 44.6 Å². The molecule has 0 saturated carbocycles. The third-order valence-electron chi connectivity index (χ3n) is 5.02. The van der Waals surface area contributed by atoms with Gasteiger partial charge in [-0.25, -0.2) is 9.37 Å². The minimum absolute atomic E-state index is 0.0627. The summed E-state index contributed by atoms with van der Waals surface area (Å²) < 4.78 is 13.8. The number of nitrogens with one attached hydrogen (secondary N) is 1. The summed E-state index contributed by atoms with van der Waals surface area (Å²) in [7, 11) is 0. The van der Waals surface area contributed by atoms with Crippen LogP contribution in [0.2, 0.25) is 5.15 Å². The van der Waals surface area contributed by atoms with E-state index in [0.717, 1.165) is 45.6 Å². The summed E-state index contributed by atoms with van der Waals surface area (Å²) in [6.07, 6.45) is 3.17. The van der Waals surface area contributed by atoms with Gasteiger partial charge in [0.05, 0.1) is 5.56 Å². The molecule has 28 heavy (non-hydrogen) atoms. The molecule has 1 N–H and O–H groups in total. The van der Waals surface area contributed by atoms with Crippen molar-refractivity contribution in [1.82, 2.24) is 15.2 Å². The SMILES string of the molecule is Cc1cccc(N2CCN(CCCCNC(=O)c3ccnc(Cl)c3F)CC2)c1. The maximum atomic E-state index is 13.8. The van der Waals surface area contributed by atoms with Crippen LogP contribution in [0.3, 0.4) is 0 Å². The van der Waals surface area contributed by atoms with Gasteiger partial charge < -0.3 is 10.2 Å². The molecule has 0 unspecified atom stereocenters. The Hall–Kier alpha value is -2.18. The first kappa shape index (κ1) is 20.6. The van der Waals surface area contributed by atoms with Gasteiger partial charge in [-0.1, -0.05) is 23.7 Å². The van der Waals surface area contributed by atoms with Crippen LogP contribution < -0.4 is 10.2 Å². The molecule has 150 valence electrons. The molecule has 1 aromatic carbocycles. The van der Waals surface area contributed by atoms with Crippen LogP contribution in [0.15, 0.2) is 36.5 Å². The van der Waals surface area contributed by atoms with Crippen LogP contribution in [0.25, 0.3) is 0 Å². The van der Waals surface area contributed by atoms with E-state index in [0.29, 0.717) is 6.54 Å². The Kier molecular flexibility index (Phi) is 7.23. The average Bonchev–Trinajstić information content (AvgIpc) is 2.70. The van der Waals surface area contributed by atoms with E-state index in [-0.39, 0.29) is 10.7 Å². The Balaban J connectivity index is 1.33. The van der Waals surface area contributed by atoms with Crippen molar-refractivity contribution >= 4 is 23.2 Å². The fraction of sp³-hybridized carbons (Fsp3) is 0.429. The highest BCUT2D eigenvalue weighted by Gasteiger charge is 2.17. The van der Waals surface area contributed by atoms with Crippen LogP contribution >= 0.6 is 11.6 Å². The molecule has 3 rings (SSSR count). The molecule has 1 amide bonds. The largest absolute Gasteiger partial charge is 0.369 e. The number of carbonyl (C=O) groups excluding carboxylic acids is 1. The number of aryl methyl sites for hydroxylation is 1. The topological polar surface area (TPSA) is 48.5 Å². The van der Waals surface area contributed by atoms with E-state index in [1.54, 1.807) is 0 Å². The van der Waals surface area contributed by atoms with Gasteiger partial charge in [-0.2, -0.15) is 0 Å². The van der Waals surface area contributed by atoms with Gasteiger partial charge in [-0.3, -0.25) is 9.69 Å². The van der Waals surface area contributed by atoms with E-state index >= 15 is 0 Å². The zero-order valence-corrected chi connectivity index (χ0v) is 16.9. The molecule has 1 saturated heterocycles. The predicted molar refractivity (Wildman–Crippen MR) is 111 cm³/mol. The van der Waals surface area contributed by atoms with Crippen LogP contribution in [0.4, 0.5) is 10.1 Å². The van der Waals surface area contributed by atoms with Crippen molar-refractivity contribution < 1.29 is 9.18 Å². The van der Waals surface area contributed by atoms with Crippen molar-refractivity contribution in [2.75, 3.05) is 44.2 Å². The van der Waals surface area contributed by atoms with Crippen molar-refractivity contribution in [1.29, 1.82) is 0 Å². The first-order valence-electron chi connectivity index (χ1n) is 9.67. The van der Waals surface area contributed by atoms with E-state index in [4.69, 9.17) is 11.6 Å². The van der Waals surface area contributed by atoms with Gasteiger partial charge in [0.1, 0.15) is 0 Å². The standard InChI is InChI=1S/C21H26ClFN4O/c1-16-5-4-6-17(15-16)27-13-11-26(12-14-27)10-3-2-8-25-21(28)18-7-9-24-20(22)19(18)23/h4-7,9,15H,2-3,8,10-14H2,1H3,(H,25,28). The number of pyridine rings is 1. The lowest BCUT2D eigenvalue weighted by molar-refractivity contribution is 0.0948. The molecule has 1 fully saturated rings. The quantitative estimate of drug-likeness (QED) is 0.566. The first-order chi connectivity index (χ1) is 13.5. The number of piperazine rings is 1. The number of benzene rings is 1. The van der Waals surface area contributed by atoms with Gasteiger partial charge in [-0.15, -0.1) is 0 Å². The van der Waals surface area contributed by atoms with E-state index < -0.39 is 11.7 Å². The zero-order valence-electron chi connectivity index (χ0n) is 16.1. The molecular weight excluding hydrogens is 379 g/mol. The number of carbonyl (C=O) groups is 1. The monoisotopic (exact) mass is 404 g/mol. The minimum atomic E-state index is -0.770. The smallest absolute Gasteiger partial charge is 0.254 e. The Morgan fingerprint density at radius 2 is 2.00 bits per heavy atom. The summed E-state index contributed by atoms with van der Waals surface area (Å²) >= 11 is 5.61. The van der Waals surface area contributed by atoms with Gasteiger partial charge in [0.15, 0.2) is 11.0 Å². The van der Waals surface area contributed by atoms with E-state index in [9.17, 15) is 9.18 Å². The number of rotatable bonds is 7. The molecule has 5 nitrogen and oxygen atoms in total. The van der Waals surface area contributed by atoms with Gasteiger partial charge in [-0.05, 0) is 50.1 Å². The lowest BCUT2D eigenvalue weighted by Crippen LogP contribution is -2.46. The normalized spacial score (nSPS) is 14.9. The van der Waals surface area contributed by atoms with Crippen LogP contribution in [0.5, 0.6) is 0 Å². The van der Waals surface area contributed by atoms with Crippen molar-refractivity contribution in [2.24, 2.45) is 0 Å². The molecule has 7 heteroatoms. The second-order valence-electron chi connectivity index (χ2n) is 7.09. The molecule has 0 atom stereocenters. The molecule has 0 bridgehead atoms. The molecule has 0 radical (unpaired) electrons. The number of hydrogen-bond donors (Lipinski definition) is 1. The lowest BCUT2D eigenvalue weighted by Gasteiger charge is -2.36. The maximum Gasteiger partial charge on any atom is 0.254 e. The van der Waals surface area contributed by atoms with Crippen LogP contribution in [0.1, 0.15) is 28.8 Å². The highest BCUT2D eigenvalue weighted by molar-refractivity contribution is 6.29. The Bertz CT molecular complexity index is 809. The summed E-state index contributed by atoms with van der Waals surface area (Å²) in [6, 6.07) is 9.97. The number of unbranched alkanes of at least 4 members (excludes halogenated alkanes) is 1. The van der Waals surface area contributed by atoms with Crippen LogP contribution in [-0.2, 0) is 0 Å². The maximum absolute atomic E-state index is 13.8. The molecule has 1 aromatic heterocycles. The second kappa shape index (κ2) is 9.85. The van der Waals surface area contributed by atoms with Crippen molar-refractivity contribution in [3.05, 3.63) is 58.6 Å². The molecule has 2 heterocycles. The molecule has 2 aromatic rings. The van der Waals surface area contributed by atoms with Crippen molar-refractivity contribution in [3.63, 3.8) is 0 Å². The highest BCUT2D eigenvalue weighted by atomic mass is 35.5. The molecule has 0 aliphatic carbocycles. The molecular formula is C21H26ClFN4O. The lowest BCUT2D eigenvalue weighted by atomic mass is 10.2. The molecule has 1 aliphatic rings. The Morgan fingerprint density at radius 3 is 2.75 bits per heavy atom. The molecule has 1 aliphatic heterocycles. The summed E-state index contributed by atoms with van der Waals surface area (Å²) in [5.41, 5.74) is 2.52. The summed E-state index contributed by atoms with van der Waals surface area (Å²) in [5, 5.41) is 2.47. The number of hydrogen-bond acceptors (Lipinski definition) is 4. The van der Waals surface area contributed by atoms with Crippen LogP contribution in [-0.4, -0.2) is 55.1 Å². The van der Waals surface area contributed by atoms with E-state index in [2.05, 4.69) is 51.3 Å². The Labute approximate surface area is 170 Å². The van der Waals surface area contributed by atoms with Crippen LogP contribution in [0, 0.1) is 12.7 Å².